The van der Waals surface area contributed by atoms with Crippen molar-refractivity contribution in [2.75, 3.05) is 24.6 Å². The Morgan fingerprint density at radius 3 is 2.85 bits per heavy atom. The molecule has 7 heteroatoms. The summed E-state index contributed by atoms with van der Waals surface area (Å²) in [5.74, 6) is 0.229. The van der Waals surface area contributed by atoms with Gasteiger partial charge in [-0.05, 0) is 43.7 Å². The zero-order valence-electron chi connectivity index (χ0n) is 14.6. The highest BCUT2D eigenvalue weighted by molar-refractivity contribution is 6.42. The Balaban J connectivity index is 1.84. The number of rotatable bonds is 4. The van der Waals surface area contributed by atoms with Crippen LogP contribution in [0.4, 0.5) is 5.82 Å². The van der Waals surface area contributed by atoms with Gasteiger partial charge in [-0.1, -0.05) is 29.3 Å². The molecule has 2 aromatic rings. The third kappa shape index (κ3) is 4.29. The highest BCUT2D eigenvalue weighted by Gasteiger charge is 2.27. The molecule has 0 saturated carbocycles. The molecule has 1 atom stereocenters. The Labute approximate surface area is 162 Å². The van der Waals surface area contributed by atoms with Gasteiger partial charge < -0.3 is 14.4 Å². The van der Waals surface area contributed by atoms with Gasteiger partial charge in [0.15, 0.2) is 0 Å². The van der Waals surface area contributed by atoms with Gasteiger partial charge in [0.2, 0.25) is 0 Å². The Hall–Kier alpha value is -1.82. The number of nitrogens with zero attached hydrogens (tertiary/aromatic N) is 2. The molecule has 0 aliphatic carbocycles. The first-order valence-corrected chi connectivity index (χ1v) is 9.19. The van der Waals surface area contributed by atoms with E-state index in [9.17, 15) is 4.79 Å². The highest BCUT2D eigenvalue weighted by atomic mass is 35.5. The summed E-state index contributed by atoms with van der Waals surface area (Å²) in [6.45, 7) is 5.35. The van der Waals surface area contributed by atoms with Crippen molar-refractivity contribution in [1.82, 2.24) is 4.98 Å². The van der Waals surface area contributed by atoms with Crippen LogP contribution in [0.2, 0.25) is 10.0 Å². The van der Waals surface area contributed by atoms with E-state index in [1.54, 1.807) is 24.4 Å². The SMILES string of the molecule is CC(C)OC(=O)c1cccnc1N1CCOC(c2ccc(Cl)c(Cl)c2)C1. The molecule has 1 aliphatic heterocycles. The van der Waals surface area contributed by atoms with Crippen LogP contribution in [0, 0.1) is 0 Å². The van der Waals surface area contributed by atoms with Gasteiger partial charge in [0.1, 0.15) is 17.5 Å². The number of carbonyl (C=O) groups excluding carboxylic acids is 1. The molecule has 5 nitrogen and oxygen atoms in total. The first-order chi connectivity index (χ1) is 12.5. The first-order valence-electron chi connectivity index (χ1n) is 8.43. The summed E-state index contributed by atoms with van der Waals surface area (Å²) in [6.07, 6.45) is 1.30. The summed E-state index contributed by atoms with van der Waals surface area (Å²) in [5, 5.41) is 0.996. The van der Waals surface area contributed by atoms with Crippen LogP contribution >= 0.6 is 23.2 Å². The van der Waals surface area contributed by atoms with E-state index in [4.69, 9.17) is 32.7 Å². The minimum atomic E-state index is -0.374. The van der Waals surface area contributed by atoms with Gasteiger partial charge in [0.05, 0.1) is 22.8 Å². The molecule has 3 rings (SSSR count). The zero-order chi connectivity index (χ0) is 18.7. The van der Waals surface area contributed by atoms with Gasteiger partial charge in [-0.15, -0.1) is 0 Å². The highest BCUT2D eigenvalue weighted by Crippen LogP contribution is 2.31. The minimum Gasteiger partial charge on any atom is -0.459 e. The largest absolute Gasteiger partial charge is 0.459 e. The Morgan fingerprint density at radius 1 is 1.31 bits per heavy atom. The summed E-state index contributed by atoms with van der Waals surface area (Å²) < 4.78 is 11.2. The number of halogens is 2. The van der Waals surface area contributed by atoms with Gasteiger partial charge in [-0.2, -0.15) is 0 Å². The summed E-state index contributed by atoms with van der Waals surface area (Å²) in [7, 11) is 0. The number of hydrogen-bond donors (Lipinski definition) is 0. The van der Waals surface area contributed by atoms with Crippen LogP contribution in [-0.4, -0.2) is 36.8 Å². The molecule has 0 amide bonds. The van der Waals surface area contributed by atoms with Crippen LogP contribution in [0.15, 0.2) is 36.5 Å². The van der Waals surface area contributed by atoms with Crippen molar-refractivity contribution in [3.8, 4) is 0 Å². The fourth-order valence-corrected chi connectivity index (χ4v) is 3.15. The minimum absolute atomic E-state index is 0.186. The zero-order valence-corrected chi connectivity index (χ0v) is 16.1. The predicted molar refractivity (Wildman–Crippen MR) is 102 cm³/mol. The van der Waals surface area contributed by atoms with Crippen LogP contribution in [0.5, 0.6) is 0 Å². The maximum atomic E-state index is 12.4. The molecule has 1 fully saturated rings. The molecule has 0 spiro atoms. The Morgan fingerprint density at radius 2 is 2.12 bits per heavy atom. The van der Waals surface area contributed by atoms with Crippen molar-refractivity contribution in [3.05, 3.63) is 57.7 Å². The third-order valence-corrected chi connectivity index (χ3v) is 4.77. The number of aromatic nitrogens is 1. The van der Waals surface area contributed by atoms with Crippen molar-refractivity contribution in [1.29, 1.82) is 0 Å². The van der Waals surface area contributed by atoms with E-state index in [2.05, 4.69) is 4.98 Å². The van der Waals surface area contributed by atoms with Crippen LogP contribution < -0.4 is 4.90 Å². The molecule has 2 heterocycles. The molecule has 0 bridgehead atoms. The van der Waals surface area contributed by atoms with Crippen LogP contribution in [-0.2, 0) is 9.47 Å². The van der Waals surface area contributed by atoms with E-state index in [1.807, 2.05) is 30.9 Å². The molecule has 1 unspecified atom stereocenters. The van der Waals surface area contributed by atoms with Crippen molar-refractivity contribution >= 4 is 35.0 Å². The number of hydrogen-bond acceptors (Lipinski definition) is 5. The van der Waals surface area contributed by atoms with E-state index >= 15 is 0 Å². The number of morpholine rings is 1. The number of carbonyl (C=O) groups is 1. The second kappa shape index (κ2) is 8.25. The second-order valence-corrected chi connectivity index (χ2v) is 7.12. The molecule has 0 radical (unpaired) electrons. The molecule has 1 saturated heterocycles. The summed E-state index contributed by atoms with van der Waals surface area (Å²) in [4.78, 5) is 18.8. The van der Waals surface area contributed by atoms with E-state index in [-0.39, 0.29) is 18.2 Å². The Bertz CT molecular complexity index is 798. The van der Waals surface area contributed by atoms with E-state index in [0.29, 0.717) is 41.1 Å². The van der Waals surface area contributed by atoms with Gasteiger partial charge in [-0.25, -0.2) is 9.78 Å². The van der Waals surface area contributed by atoms with Crippen molar-refractivity contribution < 1.29 is 14.3 Å². The summed E-state index contributed by atoms with van der Waals surface area (Å²) in [6, 6.07) is 8.93. The lowest BCUT2D eigenvalue weighted by atomic mass is 10.1. The number of esters is 1. The van der Waals surface area contributed by atoms with Crippen molar-refractivity contribution in [2.24, 2.45) is 0 Å². The first kappa shape index (κ1) is 19.0. The summed E-state index contributed by atoms with van der Waals surface area (Å²) >= 11 is 12.1. The van der Waals surface area contributed by atoms with Gasteiger partial charge in [0, 0.05) is 19.3 Å². The number of benzene rings is 1. The number of pyridine rings is 1. The monoisotopic (exact) mass is 394 g/mol. The van der Waals surface area contributed by atoms with Crippen LogP contribution in [0.1, 0.15) is 35.9 Å². The third-order valence-electron chi connectivity index (χ3n) is 4.03. The molecule has 1 aliphatic rings. The topological polar surface area (TPSA) is 51.7 Å². The lowest BCUT2D eigenvalue weighted by Gasteiger charge is -2.34. The average molecular weight is 395 g/mol. The van der Waals surface area contributed by atoms with Gasteiger partial charge >= 0.3 is 5.97 Å². The van der Waals surface area contributed by atoms with Crippen LogP contribution in [0.25, 0.3) is 0 Å². The molecule has 26 heavy (non-hydrogen) atoms. The standard InChI is InChI=1S/C19H20Cl2N2O3/c1-12(2)26-19(24)14-4-3-7-22-18(14)23-8-9-25-17(11-23)13-5-6-15(20)16(21)10-13/h3-7,10,12,17H,8-9,11H2,1-2H3. The lowest BCUT2D eigenvalue weighted by molar-refractivity contribution is 0.0356. The fraction of sp³-hybridized carbons (Fsp3) is 0.368. The van der Waals surface area contributed by atoms with Gasteiger partial charge in [-0.3, -0.25) is 0 Å². The fourth-order valence-electron chi connectivity index (χ4n) is 2.84. The molecule has 0 N–H and O–H groups in total. The van der Waals surface area contributed by atoms with E-state index in [1.165, 1.54) is 0 Å². The molecule has 1 aromatic heterocycles. The maximum Gasteiger partial charge on any atom is 0.342 e. The van der Waals surface area contributed by atoms with Gasteiger partial charge in [0.25, 0.3) is 0 Å². The smallest absolute Gasteiger partial charge is 0.342 e. The molecule has 1 aromatic carbocycles. The quantitative estimate of drug-likeness (QED) is 0.712. The predicted octanol–water partition coefficient (Wildman–Crippen LogP) is 4.53. The van der Waals surface area contributed by atoms with Crippen LogP contribution in [0.3, 0.4) is 0 Å². The second-order valence-electron chi connectivity index (χ2n) is 6.31. The average Bonchev–Trinajstić information content (AvgIpc) is 2.63. The van der Waals surface area contributed by atoms with E-state index < -0.39 is 0 Å². The maximum absolute atomic E-state index is 12.4. The lowest BCUT2D eigenvalue weighted by Crippen LogP contribution is -2.39. The number of anilines is 1. The van der Waals surface area contributed by atoms with E-state index in [0.717, 1.165) is 5.56 Å². The Kier molecular flexibility index (Phi) is 6.01. The van der Waals surface area contributed by atoms with Crippen molar-refractivity contribution in [3.63, 3.8) is 0 Å². The molecular weight excluding hydrogens is 375 g/mol. The normalized spacial score (nSPS) is 17.4. The van der Waals surface area contributed by atoms with Crippen molar-refractivity contribution in [2.45, 2.75) is 26.1 Å². The molecule has 138 valence electrons. The summed E-state index contributed by atoms with van der Waals surface area (Å²) in [5.41, 5.74) is 1.39. The molecular formula is C19H20Cl2N2O3. The number of ether oxygens (including phenoxy) is 2.